The van der Waals surface area contributed by atoms with Crippen LogP contribution in [0.2, 0.25) is 5.02 Å². The summed E-state index contributed by atoms with van der Waals surface area (Å²) < 4.78 is 17.0. The molecule has 2 heterocycles. The molecule has 0 saturated carbocycles. The minimum atomic E-state index is -0.568. The van der Waals surface area contributed by atoms with Crippen LogP contribution in [0, 0.1) is 0 Å². The van der Waals surface area contributed by atoms with Crippen LogP contribution in [0.25, 0.3) is 44.2 Å². The first kappa shape index (κ1) is 24.9. The molecule has 0 saturated heterocycles. The average molecular weight is 557 g/mol. The third kappa shape index (κ3) is 4.05. The lowest BCUT2D eigenvalue weighted by Crippen LogP contribution is -2.06. The van der Waals surface area contributed by atoms with Crippen LogP contribution in [0.4, 0.5) is 0 Å². The molecule has 6 rings (SSSR count). The highest BCUT2D eigenvalue weighted by atomic mass is 35.5. The molecule has 0 aliphatic rings. The van der Waals surface area contributed by atoms with Crippen LogP contribution in [0.1, 0.15) is 0 Å². The summed E-state index contributed by atoms with van der Waals surface area (Å²) >= 11 is 6.04. The molecule has 0 spiro atoms. The van der Waals surface area contributed by atoms with Crippen LogP contribution in [-0.4, -0.2) is 20.4 Å². The van der Waals surface area contributed by atoms with E-state index < -0.39 is 16.9 Å². The lowest BCUT2D eigenvalue weighted by Gasteiger charge is -2.12. The van der Waals surface area contributed by atoms with Crippen molar-refractivity contribution in [2.24, 2.45) is 0 Å². The van der Waals surface area contributed by atoms with E-state index in [4.69, 9.17) is 25.2 Å². The highest BCUT2D eigenvalue weighted by molar-refractivity contribution is 6.36. The van der Waals surface area contributed by atoms with Gasteiger partial charge in [-0.05, 0) is 47.5 Å². The van der Waals surface area contributed by atoms with Gasteiger partial charge in [-0.1, -0.05) is 35.9 Å². The van der Waals surface area contributed by atoms with Crippen molar-refractivity contribution in [2.45, 2.75) is 0 Å². The minimum Gasteiger partial charge on any atom is -0.508 e. The standard InChI is InChI=1S/C30H17ClO9/c31-25-21(33)10-9-18-26(36)19(12-38-28(18)25)15-3-7-17(8-4-15)40-29-23(35)11-22(34)24-27(37)20(13-39-30(24)29)14-1-5-16(32)6-2-14/h1-13,32-35H. The molecule has 9 nitrogen and oxygen atoms in total. The van der Waals surface area contributed by atoms with Crippen LogP contribution in [0.3, 0.4) is 0 Å². The van der Waals surface area contributed by atoms with E-state index in [0.29, 0.717) is 11.1 Å². The van der Waals surface area contributed by atoms with Crippen LogP contribution in [0.5, 0.6) is 34.5 Å². The average Bonchev–Trinajstić information content (AvgIpc) is 2.94. The van der Waals surface area contributed by atoms with Gasteiger partial charge in [0.25, 0.3) is 0 Å². The number of phenols is 4. The van der Waals surface area contributed by atoms with Gasteiger partial charge < -0.3 is 34.0 Å². The van der Waals surface area contributed by atoms with E-state index in [2.05, 4.69) is 0 Å². The number of benzene rings is 4. The lowest BCUT2D eigenvalue weighted by atomic mass is 10.0. The molecule has 10 heteroatoms. The highest BCUT2D eigenvalue weighted by Crippen LogP contribution is 2.42. The molecule has 0 unspecified atom stereocenters. The van der Waals surface area contributed by atoms with Crippen LogP contribution >= 0.6 is 11.6 Å². The topological polar surface area (TPSA) is 151 Å². The Labute approximate surface area is 228 Å². The second-order valence-corrected chi connectivity index (χ2v) is 9.23. The Balaban J connectivity index is 1.38. The zero-order chi connectivity index (χ0) is 28.1. The second-order valence-electron chi connectivity index (χ2n) is 8.85. The molecule has 0 bridgehead atoms. The summed E-state index contributed by atoms with van der Waals surface area (Å²) in [7, 11) is 0. The van der Waals surface area contributed by atoms with Crippen LogP contribution < -0.4 is 15.6 Å². The van der Waals surface area contributed by atoms with E-state index in [0.717, 1.165) is 6.07 Å². The minimum absolute atomic E-state index is 0.0228. The third-order valence-corrected chi connectivity index (χ3v) is 6.75. The van der Waals surface area contributed by atoms with Crippen molar-refractivity contribution in [3.8, 4) is 56.8 Å². The number of ether oxygens (including phenoxy) is 1. The van der Waals surface area contributed by atoms with Gasteiger partial charge in [-0.15, -0.1) is 0 Å². The summed E-state index contributed by atoms with van der Waals surface area (Å²) in [6.45, 7) is 0. The number of hydrogen-bond acceptors (Lipinski definition) is 9. The molecule has 0 aliphatic carbocycles. The molecule has 0 atom stereocenters. The van der Waals surface area contributed by atoms with Crippen LogP contribution in [-0.2, 0) is 0 Å². The predicted octanol–water partition coefficient (Wildman–Crippen LogP) is 6.50. The Morgan fingerprint density at radius 2 is 1.25 bits per heavy atom. The van der Waals surface area contributed by atoms with E-state index in [1.54, 1.807) is 12.1 Å². The van der Waals surface area contributed by atoms with Gasteiger partial charge in [-0.2, -0.15) is 0 Å². The fourth-order valence-corrected chi connectivity index (χ4v) is 4.58. The third-order valence-electron chi connectivity index (χ3n) is 6.39. The first-order chi connectivity index (χ1) is 19.2. The molecule has 0 aliphatic heterocycles. The maximum atomic E-state index is 13.2. The van der Waals surface area contributed by atoms with E-state index in [9.17, 15) is 30.0 Å². The Kier molecular flexibility index (Phi) is 5.85. The molecule has 4 aromatic carbocycles. The highest BCUT2D eigenvalue weighted by Gasteiger charge is 2.21. The van der Waals surface area contributed by atoms with Gasteiger partial charge >= 0.3 is 0 Å². The summed E-state index contributed by atoms with van der Waals surface area (Å²) in [5.41, 5.74) is 0.296. The van der Waals surface area contributed by atoms with Crippen molar-refractivity contribution in [2.75, 3.05) is 0 Å². The van der Waals surface area contributed by atoms with Gasteiger partial charge in [0.2, 0.25) is 16.6 Å². The molecule has 2 aromatic heterocycles. The largest absolute Gasteiger partial charge is 0.508 e. The van der Waals surface area contributed by atoms with Gasteiger partial charge in [0, 0.05) is 6.07 Å². The van der Waals surface area contributed by atoms with Crippen molar-refractivity contribution >= 4 is 33.5 Å². The first-order valence-electron chi connectivity index (χ1n) is 11.7. The Bertz CT molecular complexity index is 2060. The summed E-state index contributed by atoms with van der Waals surface area (Å²) in [6, 6.07) is 15.8. The zero-order valence-corrected chi connectivity index (χ0v) is 21.0. The van der Waals surface area contributed by atoms with Gasteiger partial charge in [-0.25, -0.2) is 0 Å². The van der Waals surface area contributed by atoms with E-state index in [-0.39, 0.29) is 66.5 Å². The van der Waals surface area contributed by atoms with Gasteiger partial charge in [0.1, 0.15) is 45.9 Å². The number of halogens is 1. The molecule has 0 amide bonds. The van der Waals surface area contributed by atoms with E-state index in [1.165, 1.54) is 61.1 Å². The Morgan fingerprint density at radius 1 is 0.650 bits per heavy atom. The van der Waals surface area contributed by atoms with Crippen LogP contribution in [0.15, 0.2) is 97.7 Å². The van der Waals surface area contributed by atoms with Crippen molar-refractivity contribution in [1.29, 1.82) is 0 Å². The molecular weight excluding hydrogens is 540 g/mol. The van der Waals surface area contributed by atoms with Gasteiger partial charge in [0.05, 0.1) is 16.5 Å². The molecule has 0 fully saturated rings. The van der Waals surface area contributed by atoms with E-state index >= 15 is 0 Å². The van der Waals surface area contributed by atoms with Crippen molar-refractivity contribution in [3.05, 3.63) is 105 Å². The first-order valence-corrected chi connectivity index (χ1v) is 12.1. The number of phenolic OH excluding ortho intramolecular Hbond substituents is 4. The number of hydrogen-bond donors (Lipinski definition) is 4. The Morgan fingerprint density at radius 3 is 1.93 bits per heavy atom. The molecule has 198 valence electrons. The number of aromatic hydroxyl groups is 4. The maximum Gasteiger partial charge on any atom is 0.212 e. The zero-order valence-electron chi connectivity index (χ0n) is 20.2. The Hall–Kier alpha value is -5.41. The summed E-state index contributed by atoms with van der Waals surface area (Å²) in [6.07, 6.45) is 2.42. The van der Waals surface area contributed by atoms with Crippen molar-refractivity contribution in [3.63, 3.8) is 0 Å². The SMILES string of the molecule is O=c1c(-c2ccc(Oc3c(O)cc(O)c4c(=O)c(-c5ccc(O)cc5)coc34)cc2)coc2c(Cl)c(O)ccc12. The monoisotopic (exact) mass is 556 g/mol. The summed E-state index contributed by atoms with van der Waals surface area (Å²) in [4.78, 5) is 26.3. The quantitative estimate of drug-likeness (QED) is 0.191. The summed E-state index contributed by atoms with van der Waals surface area (Å²) in [5, 5.41) is 40.2. The summed E-state index contributed by atoms with van der Waals surface area (Å²) in [5.74, 6) is -1.12. The predicted molar refractivity (Wildman–Crippen MR) is 148 cm³/mol. The molecule has 40 heavy (non-hydrogen) atoms. The fourth-order valence-electron chi connectivity index (χ4n) is 4.37. The van der Waals surface area contributed by atoms with Gasteiger partial charge in [-0.3, -0.25) is 9.59 Å². The normalized spacial score (nSPS) is 11.2. The smallest absolute Gasteiger partial charge is 0.212 e. The van der Waals surface area contributed by atoms with Crippen molar-refractivity contribution in [1.82, 2.24) is 0 Å². The maximum absolute atomic E-state index is 13.2. The van der Waals surface area contributed by atoms with E-state index in [1.807, 2.05) is 0 Å². The second kappa shape index (κ2) is 9.40. The fraction of sp³-hybridized carbons (Fsp3) is 0. The van der Waals surface area contributed by atoms with Gasteiger partial charge in [0.15, 0.2) is 16.9 Å². The lowest BCUT2D eigenvalue weighted by molar-refractivity contribution is 0.400. The molecule has 0 radical (unpaired) electrons. The number of fused-ring (bicyclic) bond motifs is 2. The molecular formula is C30H17ClO9. The molecule has 6 aromatic rings. The molecule has 4 N–H and O–H groups in total. The van der Waals surface area contributed by atoms with Crippen molar-refractivity contribution < 1.29 is 34.0 Å². The number of rotatable bonds is 4.